The molecule has 38 heavy (non-hydrogen) atoms. The van der Waals surface area contributed by atoms with E-state index in [9.17, 15) is 13.2 Å². The minimum atomic E-state index is -4.24. The van der Waals surface area contributed by atoms with Crippen molar-refractivity contribution in [2.24, 2.45) is 5.10 Å². The number of benzene rings is 4. The number of halogens is 2. The maximum absolute atomic E-state index is 13.6. The number of hydrogen-bond donors (Lipinski definition) is 0. The highest BCUT2D eigenvalue weighted by atomic mass is 35.5. The van der Waals surface area contributed by atoms with Crippen LogP contribution in [0.1, 0.15) is 16.7 Å². The summed E-state index contributed by atoms with van der Waals surface area (Å²) in [6.45, 7) is 1.85. The Morgan fingerprint density at radius 2 is 1.50 bits per heavy atom. The van der Waals surface area contributed by atoms with E-state index in [0.29, 0.717) is 17.0 Å². The average molecular weight is 563 g/mol. The van der Waals surface area contributed by atoms with Crippen molar-refractivity contribution < 1.29 is 17.4 Å². The molecule has 0 aliphatic carbocycles. The molecule has 4 aromatic carbocycles. The Morgan fingerprint density at radius 3 is 2.16 bits per heavy atom. The van der Waals surface area contributed by atoms with E-state index in [0.717, 1.165) is 5.56 Å². The van der Waals surface area contributed by atoms with Gasteiger partial charge in [-0.25, -0.2) is 0 Å². The first-order valence-electron chi connectivity index (χ1n) is 11.5. The Bertz CT molecular complexity index is 1690. The molecule has 0 radical (unpaired) electrons. The van der Waals surface area contributed by atoms with Gasteiger partial charge in [-0.2, -0.15) is 18.5 Å². The summed E-state index contributed by atoms with van der Waals surface area (Å²) in [5.41, 5.74) is 3.01. The highest BCUT2D eigenvalue weighted by molar-refractivity contribution is 7.87. The van der Waals surface area contributed by atoms with E-state index in [4.69, 9.17) is 27.4 Å². The van der Waals surface area contributed by atoms with Gasteiger partial charge < -0.3 is 4.18 Å². The third kappa shape index (κ3) is 5.22. The number of hydrogen-bond acceptors (Lipinski definition) is 5. The Labute approximate surface area is 230 Å². The topological polar surface area (TPSA) is 76.0 Å². The third-order valence-electron chi connectivity index (χ3n) is 5.77. The normalized spacial score (nSPS) is 14.6. The van der Waals surface area contributed by atoms with Crippen LogP contribution in [-0.4, -0.2) is 20.0 Å². The van der Waals surface area contributed by atoms with Gasteiger partial charge in [0.15, 0.2) is 5.75 Å². The number of rotatable bonds is 6. The number of amides is 1. The maximum Gasteiger partial charge on any atom is 0.339 e. The summed E-state index contributed by atoms with van der Waals surface area (Å²) in [5.74, 6) is -0.555. The second-order valence-corrected chi connectivity index (χ2v) is 10.9. The fraction of sp³-hybridized carbons (Fsp3) is 0.0345. The molecule has 0 saturated carbocycles. The van der Waals surface area contributed by atoms with E-state index in [1.165, 1.54) is 35.4 Å². The van der Waals surface area contributed by atoms with Crippen LogP contribution in [0.25, 0.3) is 6.08 Å². The Hall–Kier alpha value is -3.91. The fourth-order valence-corrected chi connectivity index (χ4v) is 5.46. The van der Waals surface area contributed by atoms with Crippen molar-refractivity contribution >= 4 is 56.7 Å². The van der Waals surface area contributed by atoms with Gasteiger partial charge in [-0.3, -0.25) is 4.79 Å². The van der Waals surface area contributed by atoms with Crippen LogP contribution < -0.4 is 9.19 Å². The molecule has 5 rings (SSSR count). The van der Waals surface area contributed by atoms with E-state index in [1.54, 1.807) is 36.4 Å². The molecule has 1 aliphatic heterocycles. The maximum atomic E-state index is 13.6. The SMILES string of the molecule is Cc1ccc(S(=O)(=O)Oc2c(Cl)cc(Cl)cc2/C=C2\C(=O)N(c3ccccc3)N=C2c2ccccc2)cc1. The standard InChI is InChI=1S/C29H20Cl2N2O4S/c1-19-12-14-24(15-13-19)38(35,36)37-28-21(16-22(30)18-26(28)31)17-25-27(20-8-4-2-5-9-20)32-33(29(25)34)23-10-6-3-7-11-23/h2-18H,1H3/b25-17-. The quantitative estimate of drug-likeness (QED) is 0.189. The molecular formula is C29H20Cl2N2O4S. The monoisotopic (exact) mass is 562 g/mol. The summed E-state index contributed by atoms with van der Waals surface area (Å²) in [4.78, 5) is 13.6. The molecule has 6 nitrogen and oxygen atoms in total. The van der Waals surface area contributed by atoms with Crippen molar-refractivity contribution in [3.8, 4) is 5.75 Å². The molecule has 0 spiro atoms. The summed E-state index contributed by atoms with van der Waals surface area (Å²) in [6.07, 6.45) is 1.49. The summed E-state index contributed by atoms with van der Waals surface area (Å²) >= 11 is 12.7. The van der Waals surface area contributed by atoms with Crippen molar-refractivity contribution in [2.45, 2.75) is 11.8 Å². The lowest BCUT2D eigenvalue weighted by molar-refractivity contribution is -0.114. The number of para-hydroxylation sites is 1. The Morgan fingerprint density at radius 1 is 0.868 bits per heavy atom. The van der Waals surface area contributed by atoms with Crippen LogP contribution in [0, 0.1) is 6.92 Å². The molecule has 4 aromatic rings. The van der Waals surface area contributed by atoms with Crippen LogP contribution in [0.15, 0.2) is 113 Å². The minimum absolute atomic E-state index is 0.0244. The number of carbonyl (C=O) groups excluding carboxylic acids is 1. The van der Waals surface area contributed by atoms with Crippen molar-refractivity contribution in [3.63, 3.8) is 0 Å². The zero-order valence-electron chi connectivity index (χ0n) is 20.0. The van der Waals surface area contributed by atoms with Gasteiger partial charge in [0.05, 0.1) is 16.3 Å². The molecule has 0 unspecified atom stereocenters. The van der Waals surface area contributed by atoms with Crippen molar-refractivity contribution in [1.82, 2.24) is 0 Å². The number of anilines is 1. The molecule has 0 saturated heterocycles. The zero-order chi connectivity index (χ0) is 26.9. The lowest BCUT2D eigenvalue weighted by Gasteiger charge is -2.13. The predicted molar refractivity (Wildman–Crippen MR) is 150 cm³/mol. The van der Waals surface area contributed by atoms with Gasteiger partial charge in [-0.15, -0.1) is 0 Å². The van der Waals surface area contributed by atoms with Gasteiger partial charge in [0.2, 0.25) is 0 Å². The second-order valence-electron chi connectivity index (χ2n) is 8.48. The van der Waals surface area contributed by atoms with Gasteiger partial charge in [-0.05, 0) is 49.4 Å². The summed E-state index contributed by atoms with van der Waals surface area (Å²) in [7, 11) is -4.24. The lowest BCUT2D eigenvalue weighted by Crippen LogP contribution is -2.21. The predicted octanol–water partition coefficient (Wildman–Crippen LogP) is 6.90. The molecule has 1 heterocycles. The van der Waals surface area contributed by atoms with Crippen LogP contribution in [0.2, 0.25) is 10.0 Å². The first-order chi connectivity index (χ1) is 18.2. The van der Waals surface area contributed by atoms with E-state index in [-0.39, 0.29) is 31.8 Å². The van der Waals surface area contributed by atoms with Gasteiger partial charge in [0.25, 0.3) is 5.91 Å². The Balaban J connectivity index is 1.63. The molecule has 0 N–H and O–H groups in total. The molecule has 0 bridgehead atoms. The number of carbonyl (C=O) groups is 1. The lowest BCUT2D eigenvalue weighted by atomic mass is 10.00. The molecule has 0 fully saturated rings. The summed E-state index contributed by atoms with van der Waals surface area (Å²) in [5, 5.41) is 6.11. The molecule has 190 valence electrons. The summed E-state index contributed by atoms with van der Waals surface area (Å²) in [6, 6.07) is 27.3. The van der Waals surface area contributed by atoms with Crippen LogP contribution in [-0.2, 0) is 14.9 Å². The molecule has 1 aliphatic rings. The average Bonchev–Trinajstić information content (AvgIpc) is 3.23. The molecular weight excluding hydrogens is 543 g/mol. The smallest absolute Gasteiger partial charge is 0.339 e. The first kappa shape index (κ1) is 25.7. The van der Waals surface area contributed by atoms with E-state index >= 15 is 0 Å². The highest BCUT2D eigenvalue weighted by Crippen LogP contribution is 2.37. The Kier molecular flexibility index (Phi) is 7.08. The van der Waals surface area contributed by atoms with Crippen LogP contribution in [0.3, 0.4) is 0 Å². The number of aryl methyl sites for hydroxylation is 1. The molecule has 1 amide bonds. The van der Waals surface area contributed by atoms with Crippen molar-refractivity contribution in [1.29, 1.82) is 0 Å². The van der Waals surface area contributed by atoms with Gasteiger partial charge in [0, 0.05) is 16.1 Å². The van der Waals surface area contributed by atoms with Gasteiger partial charge >= 0.3 is 10.1 Å². The minimum Gasteiger partial charge on any atom is -0.377 e. The highest BCUT2D eigenvalue weighted by Gasteiger charge is 2.33. The molecule has 9 heteroatoms. The number of hydrazone groups is 1. The van der Waals surface area contributed by atoms with E-state index in [1.807, 2.05) is 43.3 Å². The number of nitrogens with zero attached hydrogens (tertiary/aromatic N) is 2. The van der Waals surface area contributed by atoms with Gasteiger partial charge in [0.1, 0.15) is 10.6 Å². The van der Waals surface area contributed by atoms with Gasteiger partial charge in [-0.1, -0.05) is 89.4 Å². The fourth-order valence-electron chi connectivity index (χ4n) is 3.89. The van der Waals surface area contributed by atoms with Crippen LogP contribution >= 0.6 is 23.2 Å². The van der Waals surface area contributed by atoms with Crippen molar-refractivity contribution in [3.05, 3.63) is 129 Å². The van der Waals surface area contributed by atoms with E-state index < -0.39 is 16.0 Å². The summed E-state index contributed by atoms with van der Waals surface area (Å²) < 4.78 is 31.7. The molecule has 0 atom stereocenters. The second kappa shape index (κ2) is 10.5. The zero-order valence-corrected chi connectivity index (χ0v) is 22.3. The van der Waals surface area contributed by atoms with Crippen LogP contribution in [0.4, 0.5) is 5.69 Å². The van der Waals surface area contributed by atoms with Crippen molar-refractivity contribution in [2.75, 3.05) is 5.01 Å². The first-order valence-corrected chi connectivity index (χ1v) is 13.7. The van der Waals surface area contributed by atoms with E-state index in [2.05, 4.69) is 5.10 Å². The third-order valence-corrected chi connectivity index (χ3v) is 7.50. The van der Waals surface area contributed by atoms with Crippen LogP contribution in [0.5, 0.6) is 5.75 Å². The largest absolute Gasteiger partial charge is 0.377 e. The molecule has 0 aromatic heterocycles.